The van der Waals surface area contributed by atoms with Crippen molar-refractivity contribution < 1.29 is 24.0 Å². The topological polar surface area (TPSA) is 107 Å². The standard InChI is InChI=1S/C22H20N2O6/c25-20(15-2-1-3-17(12-15)24(28)29)16-4-5-18-19(13-16)22(27)23(21(18)26)9-6-14-7-10-30-11-8-14/h1-5,12-14H,6-11H2. The van der Waals surface area contributed by atoms with Crippen molar-refractivity contribution in [3.63, 3.8) is 0 Å². The van der Waals surface area contributed by atoms with E-state index in [1.165, 1.54) is 47.4 Å². The molecule has 0 bridgehead atoms. The van der Waals surface area contributed by atoms with E-state index in [2.05, 4.69) is 0 Å². The third-order valence-corrected chi connectivity index (χ3v) is 5.65. The fourth-order valence-corrected chi connectivity index (χ4v) is 3.91. The molecule has 2 aliphatic rings. The first kappa shape index (κ1) is 19.9. The monoisotopic (exact) mass is 408 g/mol. The van der Waals surface area contributed by atoms with Gasteiger partial charge < -0.3 is 4.74 Å². The van der Waals surface area contributed by atoms with Crippen LogP contribution in [0.2, 0.25) is 0 Å². The molecule has 0 unspecified atom stereocenters. The first-order valence-electron chi connectivity index (χ1n) is 9.83. The normalized spacial score (nSPS) is 16.6. The molecule has 0 saturated carbocycles. The summed E-state index contributed by atoms with van der Waals surface area (Å²) in [4.78, 5) is 49.9. The molecule has 1 fully saturated rings. The van der Waals surface area contributed by atoms with Crippen LogP contribution in [-0.2, 0) is 4.74 Å². The number of nitrogens with zero attached hydrogens (tertiary/aromatic N) is 2. The van der Waals surface area contributed by atoms with Gasteiger partial charge in [-0.25, -0.2) is 0 Å². The number of amides is 2. The Morgan fingerprint density at radius 1 is 1.03 bits per heavy atom. The summed E-state index contributed by atoms with van der Waals surface area (Å²) >= 11 is 0. The lowest BCUT2D eigenvalue weighted by atomic mass is 9.96. The Bertz CT molecular complexity index is 1040. The molecule has 154 valence electrons. The predicted octanol–water partition coefficient (Wildman–Crippen LogP) is 3.24. The Hall–Kier alpha value is -3.39. The van der Waals surface area contributed by atoms with E-state index in [-0.39, 0.29) is 33.8 Å². The number of fused-ring (bicyclic) bond motifs is 1. The SMILES string of the molecule is O=C(c1cccc([N+](=O)[O-])c1)c1ccc2c(c1)C(=O)N(CCC1CCOCC1)C2=O. The fraction of sp³-hybridized carbons (Fsp3) is 0.318. The van der Waals surface area contributed by atoms with Crippen molar-refractivity contribution in [1.82, 2.24) is 4.90 Å². The van der Waals surface area contributed by atoms with E-state index in [1.54, 1.807) is 0 Å². The molecule has 8 nitrogen and oxygen atoms in total. The van der Waals surface area contributed by atoms with Crippen LogP contribution in [0.15, 0.2) is 42.5 Å². The number of hydrogen-bond donors (Lipinski definition) is 0. The summed E-state index contributed by atoms with van der Waals surface area (Å²) in [6.07, 6.45) is 2.57. The molecule has 0 radical (unpaired) electrons. The smallest absolute Gasteiger partial charge is 0.270 e. The van der Waals surface area contributed by atoms with Gasteiger partial charge in [-0.1, -0.05) is 18.2 Å². The van der Waals surface area contributed by atoms with Crippen LogP contribution in [0.5, 0.6) is 0 Å². The number of non-ortho nitro benzene ring substituents is 1. The van der Waals surface area contributed by atoms with E-state index in [0.717, 1.165) is 19.3 Å². The largest absolute Gasteiger partial charge is 0.381 e. The minimum atomic E-state index is -0.571. The number of benzene rings is 2. The molecular formula is C22H20N2O6. The average Bonchev–Trinajstić information content (AvgIpc) is 3.01. The summed E-state index contributed by atoms with van der Waals surface area (Å²) in [5.41, 5.74) is 0.650. The lowest BCUT2D eigenvalue weighted by Gasteiger charge is -2.23. The molecule has 0 aliphatic carbocycles. The number of ketones is 1. The van der Waals surface area contributed by atoms with Gasteiger partial charge in [0, 0.05) is 43.0 Å². The molecule has 2 heterocycles. The van der Waals surface area contributed by atoms with E-state index in [1.807, 2.05) is 0 Å². The van der Waals surface area contributed by atoms with E-state index in [4.69, 9.17) is 4.74 Å². The molecule has 30 heavy (non-hydrogen) atoms. The predicted molar refractivity (Wildman–Crippen MR) is 106 cm³/mol. The fourth-order valence-electron chi connectivity index (χ4n) is 3.91. The molecule has 2 aromatic rings. The van der Waals surface area contributed by atoms with E-state index in [9.17, 15) is 24.5 Å². The van der Waals surface area contributed by atoms with Gasteiger partial charge in [-0.15, -0.1) is 0 Å². The highest BCUT2D eigenvalue weighted by Crippen LogP contribution is 2.27. The van der Waals surface area contributed by atoms with Gasteiger partial charge in [-0.05, 0) is 37.3 Å². The number of nitro groups is 1. The molecule has 0 aromatic heterocycles. The number of carbonyl (C=O) groups excluding carboxylic acids is 3. The lowest BCUT2D eigenvalue weighted by Crippen LogP contribution is -2.32. The van der Waals surface area contributed by atoms with Crippen LogP contribution in [0.1, 0.15) is 55.9 Å². The van der Waals surface area contributed by atoms with Crippen molar-refractivity contribution in [2.75, 3.05) is 19.8 Å². The van der Waals surface area contributed by atoms with Gasteiger partial charge in [0.2, 0.25) is 0 Å². The minimum absolute atomic E-state index is 0.150. The van der Waals surface area contributed by atoms with Crippen LogP contribution in [0.3, 0.4) is 0 Å². The van der Waals surface area contributed by atoms with Crippen molar-refractivity contribution in [1.29, 1.82) is 0 Å². The second-order valence-corrected chi connectivity index (χ2v) is 7.50. The molecule has 4 rings (SSSR count). The summed E-state index contributed by atoms with van der Waals surface area (Å²) in [5.74, 6) is -0.774. The number of carbonyl (C=O) groups is 3. The Morgan fingerprint density at radius 3 is 2.47 bits per heavy atom. The maximum atomic E-state index is 12.8. The number of ether oxygens (including phenoxy) is 1. The molecular weight excluding hydrogens is 388 g/mol. The highest BCUT2D eigenvalue weighted by molar-refractivity contribution is 6.22. The van der Waals surface area contributed by atoms with Crippen LogP contribution in [-0.4, -0.2) is 47.2 Å². The molecule has 2 aromatic carbocycles. The van der Waals surface area contributed by atoms with Crippen molar-refractivity contribution in [2.24, 2.45) is 5.92 Å². The van der Waals surface area contributed by atoms with Crippen LogP contribution >= 0.6 is 0 Å². The van der Waals surface area contributed by atoms with Crippen molar-refractivity contribution in [2.45, 2.75) is 19.3 Å². The minimum Gasteiger partial charge on any atom is -0.381 e. The van der Waals surface area contributed by atoms with Gasteiger partial charge in [-0.3, -0.25) is 29.4 Å². The summed E-state index contributed by atoms with van der Waals surface area (Å²) < 4.78 is 5.34. The summed E-state index contributed by atoms with van der Waals surface area (Å²) in [5, 5.41) is 11.0. The summed E-state index contributed by atoms with van der Waals surface area (Å²) in [6.45, 7) is 1.75. The van der Waals surface area contributed by atoms with Crippen LogP contribution < -0.4 is 0 Å². The third kappa shape index (κ3) is 3.73. The third-order valence-electron chi connectivity index (χ3n) is 5.65. The Kier molecular flexibility index (Phi) is 5.41. The number of nitro benzene ring substituents is 1. The number of rotatable bonds is 6. The quantitative estimate of drug-likeness (QED) is 0.314. The Labute approximate surface area is 172 Å². The molecule has 8 heteroatoms. The highest BCUT2D eigenvalue weighted by Gasteiger charge is 2.36. The molecule has 2 aliphatic heterocycles. The van der Waals surface area contributed by atoms with Gasteiger partial charge in [0.1, 0.15) is 0 Å². The number of hydrogen-bond acceptors (Lipinski definition) is 6. The maximum absolute atomic E-state index is 12.8. The Balaban J connectivity index is 1.53. The molecule has 2 amide bonds. The van der Waals surface area contributed by atoms with Gasteiger partial charge in [0.05, 0.1) is 16.1 Å². The van der Waals surface area contributed by atoms with Crippen LogP contribution in [0, 0.1) is 16.0 Å². The highest BCUT2D eigenvalue weighted by atomic mass is 16.6. The zero-order valence-electron chi connectivity index (χ0n) is 16.2. The zero-order chi connectivity index (χ0) is 21.3. The van der Waals surface area contributed by atoms with Crippen molar-refractivity contribution >= 4 is 23.3 Å². The van der Waals surface area contributed by atoms with Crippen LogP contribution in [0.25, 0.3) is 0 Å². The second-order valence-electron chi connectivity index (χ2n) is 7.50. The van der Waals surface area contributed by atoms with Crippen molar-refractivity contribution in [3.05, 3.63) is 74.8 Å². The van der Waals surface area contributed by atoms with Gasteiger partial charge in [0.25, 0.3) is 17.5 Å². The first-order chi connectivity index (χ1) is 14.5. The summed E-state index contributed by atoms with van der Waals surface area (Å²) in [7, 11) is 0. The molecule has 0 N–H and O–H groups in total. The van der Waals surface area contributed by atoms with Gasteiger partial charge >= 0.3 is 0 Å². The Morgan fingerprint density at radius 2 is 1.73 bits per heavy atom. The molecule has 1 saturated heterocycles. The number of imide groups is 1. The summed E-state index contributed by atoms with van der Waals surface area (Å²) in [6, 6.07) is 9.79. The van der Waals surface area contributed by atoms with Crippen molar-refractivity contribution in [3.8, 4) is 0 Å². The molecule has 0 spiro atoms. The zero-order valence-corrected chi connectivity index (χ0v) is 16.2. The average molecular weight is 408 g/mol. The van der Waals surface area contributed by atoms with E-state index < -0.39 is 16.6 Å². The maximum Gasteiger partial charge on any atom is 0.270 e. The first-order valence-corrected chi connectivity index (χ1v) is 9.83. The molecule has 0 atom stereocenters. The lowest BCUT2D eigenvalue weighted by molar-refractivity contribution is -0.384. The van der Waals surface area contributed by atoms with Crippen LogP contribution in [0.4, 0.5) is 5.69 Å². The van der Waals surface area contributed by atoms with E-state index >= 15 is 0 Å². The van der Waals surface area contributed by atoms with E-state index in [0.29, 0.717) is 25.7 Å². The van der Waals surface area contributed by atoms with Gasteiger partial charge in [0.15, 0.2) is 5.78 Å². The second kappa shape index (κ2) is 8.16. The van der Waals surface area contributed by atoms with Gasteiger partial charge in [-0.2, -0.15) is 0 Å².